The third kappa shape index (κ3) is 3.63. The Morgan fingerprint density at radius 3 is 2.56 bits per heavy atom. The predicted octanol–water partition coefficient (Wildman–Crippen LogP) is 1.99. The maximum Gasteiger partial charge on any atom is 0.228 e. The fourth-order valence-corrected chi connectivity index (χ4v) is 3.69. The molecule has 1 unspecified atom stereocenters. The number of methoxy groups -OCH3 is 2. The van der Waals surface area contributed by atoms with Crippen LogP contribution in [-0.4, -0.2) is 56.7 Å². The number of amides is 2. The van der Waals surface area contributed by atoms with Crippen LogP contribution in [-0.2, 0) is 14.3 Å². The maximum absolute atomic E-state index is 12.8. The average molecular weight is 346 g/mol. The quantitative estimate of drug-likeness (QED) is 0.837. The number of piperidine rings is 1. The normalized spacial score (nSPS) is 21.7. The lowest BCUT2D eigenvalue weighted by Gasteiger charge is -2.32. The summed E-state index contributed by atoms with van der Waals surface area (Å²) >= 11 is 0. The van der Waals surface area contributed by atoms with Crippen LogP contribution in [0.15, 0.2) is 18.2 Å². The summed E-state index contributed by atoms with van der Waals surface area (Å²) in [5.74, 6) is 0.441. The molecule has 2 aliphatic heterocycles. The molecule has 6 heteroatoms. The molecular weight excluding hydrogens is 320 g/mol. The van der Waals surface area contributed by atoms with E-state index in [2.05, 4.69) is 0 Å². The molecule has 0 spiro atoms. The standard InChI is InChI=1S/C19H26N2O4/c1-13-4-5-17(25-3)16(10-13)21-12-14(11-18(21)22)19(23)20-8-6-15(24-2)7-9-20/h4-5,10,14-15H,6-9,11-12H2,1-3H3. The van der Waals surface area contributed by atoms with Crippen LogP contribution in [0.2, 0.25) is 0 Å². The zero-order valence-electron chi connectivity index (χ0n) is 15.2. The molecule has 25 heavy (non-hydrogen) atoms. The molecule has 0 radical (unpaired) electrons. The highest BCUT2D eigenvalue weighted by Crippen LogP contribution is 2.34. The van der Waals surface area contributed by atoms with E-state index in [1.54, 1.807) is 19.1 Å². The van der Waals surface area contributed by atoms with Crippen molar-refractivity contribution in [2.24, 2.45) is 5.92 Å². The minimum atomic E-state index is -0.281. The van der Waals surface area contributed by atoms with Crippen molar-refractivity contribution in [1.29, 1.82) is 0 Å². The van der Waals surface area contributed by atoms with E-state index in [0.29, 0.717) is 25.4 Å². The van der Waals surface area contributed by atoms with Crippen molar-refractivity contribution in [3.63, 3.8) is 0 Å². The number of carbonyl (C=O) groups is 2. The van der Waals surface area contributed by atoms with Gasteiger partial charge in [0.05, 0.1) is 24.8 Å². The second-order valence-corrected chi connectivity index (χ2v) is 6.84. The highest BCUT2D eigenvalue weighted by atomic mass is 16.5. The summed E-state index contributed by atoms with van der Waals surface area (Å²) in [7, 11) is 3.31. The second-order valence-electron chi connectivity index (χ2n) is 6.84. The second kappa shape index (κ2) is 7.44. The lowest BCUT2D eigenvalue weighted by molar-refractivity contribution is -0.138. The summed E-state index contributed by atoms with van der Waals surface area (Å²) in [6.07, 6.45) is 2.22. The first-order valence-electron chi connectivity index (χ1n) is 8.80. The van der Waals surface area contributed by atoms with Gasteiger partial charge in [-0.3, -0.25) is 9.59 Å². The first-order chi connectivity index (χ1) is 12.0. The topological polar surface area (TPSA) is 59.1 Å². The van der Waals surface area contributed by atoms with Crippen LogP contribution in [0.3, 0.4) is 0 Å². The predicted molar refractivity (Wildman–Crippen MR) is 94.8 cm³/mol. The third-order valence-electron chi connectivity index (χ3n) is 5.19. The molecule has 136 valence electrons. The summed E-state index contributed by atoms with van der Waals surface area (Å²) in [6.45, 7) is 3.80. The van der Waals surface area contributed by atoms with Gasteiger partial charge in [0.25, 0.3) is 0 Å². The van der Waals surface area contributed by atoms with Gasteiger partial charge in [0, 0.05) is 33.2 Å². The van der Waals surface area contributed by atoms with E-state index in [-0.39, 0.29) is 30.3 Å². The number of likely N-dealkylation sites (tertiary alicyclic amines) is 1. The smallest absolute Gasteiger partial charge is 0.228 e. The Labute approximate surface area is 148 Å². The molecule has 2 fully saturated rings. The molecule has 3 rings (SSSR count). The van der Waals surface area contributed by atoms with Gasteiger partial charge in [0.2, 0.25) is 11.8 Å². The molecule has 6 nitrogen and oxygen atoms in total. The molecule has 2 aliphatic rings. The summed E-state index contributed by atoms with van der Waals surface area (Å²) in [5, 5.41) is 0. The van der Waals surface area contributed by atoms with Crippen molar-refractivity contribution in [3.8, 4) is 5.75 Å². The van der Waals surface area contributed by atoms with Crippen molar-refractivity contribution in [2.45, 2.75) is 32.3 Å². The van der Waals surface area contributed by atoms with Gasteiger partial charge >= 0.3 is 0 Å². The minimum Gasteiger partial charge on any atom is -0.495 e. The Morgan fingerprint density at radius 2 is 1.92 bits per heavy atom. The van der Waals surface area contributed by atoms with Crippen LogP contribution in [0.4, 0.5) is 5.69 Å². The van der Waals surface area contributed by atoms with E-state index in [0.717, 1.165) is 24.1 Å². The van der Waals surface area contributed by atoms with Crippen molar-refractivity contribution >= 4 is 17.5 Å². The lowest BCUT2D eigenvalue weighted by Crippen LogP contribution is -2.44. The molecule has 1 aromatic carbocycles. The number of benzene rings is 1. The SMILES string of the molecule is COc1ccc(C)cc1N1CC(C(=O)N2CCC(OC)CC2)CC1=O. The van der Waals surface area contributed by atoms with E-state index < -0.39 is 0 Å². The van der Waals surface area contributed by atoms with E-state index in [9.17, 15) is 9.59 Å². The van der Waals surface area contributed by atoms with Gasteiger partial charge in [0.15, 0.2) is 0 Å². The number of rotatable bonds is 4. The number of hydrogen-bond acceptors (Lipinski definition) is 4. The summed E-state index contributed by atoms with van der Waals surface area (Å²) in [6, 6.07) is 5.75. The summed E-state index contributed by atoms with van der Waals surface area (Å²) in [4.78, 5) is 28.9. The molecule has 0 N–H and O–H groups in total. The van der Waals surface area contributed by atoms with Crippen molar-refractivity contribution in [2.75, 3.05) is 38.8 Å². The number of carbonyl (C=O) groups excluding carboxylic acids is 2. The Kier molecular flexibility index (Phi) is 5.27. The van der Waals surface area contributed by atoms with Crippen LogP contribution in [0.25, 0.3) is 0 Å². The first-order valence-corrected chi connectivity index (χ1v) is 8.80. The van der Waals surface area contributed by atoms with Gasteiger partial charge in [-0.1, -0.05) is 6.07 Å². The van der Waals surface area contributed by atoms with Gasteiger partial charge in [0.1, 0.15) is 5.75 Å². The van der Waals surface area contributed by atoms with Crippen molar-refractivity contribution < 1.29 is 19.1 Å². The maximum atomic E-state index is 12.8. The van der Waals surface area contributed by atoms with E-state index in [4.69, 9.17) is 9.47 Å². The van der Waals surface area contributed by atoms with Gasteiger partial charge in [-0.25, -0.2) is 0 Å². The van der Waals surface area contributed by atoms with Crippen LogP contribution in [0.1, 0.15) is 24.8 Å². The monoisotopic (exact) mass is 346 g/mol. The number of aryl methyl sites for hydroxylation is 1. The molecule has 0 aromatic heterocycles. The molecular formula is C19H26N2O4. The van der Waals surface area contributed by atoms with Crippen LogP contribution >= 0.6 is 0 Å². The molecule has 0 bridgehead atoms. The van der Waals surface area contributed by atoms with Gasteiger partial charge < -0.3 is 19.3 Å². The molecule has 0 aliphatic carbocycles. The fraction of sp³-hybridized carbons (Fsp3) is 0.579. The van der Waals surface area contributed by atoms with Gasteiger partial charge in [-0.05, 0) is 37.5 Å². The molecule has 2 amide bonds. The third-order valence-corrected chi connectivity index (χ3v) is 5.19. The largest absolute Gasteiger partial charge is 0.495 e. The van der Waals surface area contributed by atoms with Crippen LogP contribution < -0.4 is 9.64 Å². The Balaban J connectivity index is 1.70. The fourth-order valence-electron chi connectivity index (χ4n) is 3.69. The van der Waals surface area contributed by atoms with E-state index in [1.165, 1.54) is 0 Å². The Hall–Kier alpha value is -2.08. The average Bonchev–Trinajstić information content (AvgIpc) is 3.02. The number of anilines is 1. The minimum absolute atomic E-state index is 0.0194. The van der Waals surface area contributed by atoms with E-state index in [1.807, 2.05) is 30.0 Å². The van der Waals surface area contributed by atoms with Crippen molar-refractivity contribution in [1.82, 2.24) is 4.90 Å². The number of ether oxygens (including phenoxy) is 2. The summed E-state index contributed by atoms with van der Waals surface area (Å²) < 4.78 is 10.8. The Bertz CT molecular complexity index is 653. The zero-order chi connectivity index (χ0) is 18.0. The Morgan fingerprint density at radius 1 is 1.20 bits per heavy atom. The molecule has 1 atom stereocenters. The van der Waals surface area contributed by atoms with Gasteiger partial charge in [-0.15, -0.1) is 0 Å². The summed E-state index contributed by atoms with van der Waals surface area (Å²) in [5.41, 5.74) is 1.81. The number of hydrogen-bond donors (Lipinski definition) is 0. The molecule has 2 heterocycles. The van der Waals surface area contributed by atoms with Gasteiger partial charge in [-0.2, -0.15) is 0 Å². The highest BCUT2D eigenvalue weighted by Gasteiger charge is 2.39. The highest BCUT2D eigenvalue weighted by molar-refractivity contribution is 6.01. The molecule has 2 saturated heterocycles. The number of nitrogens with zero attached hydrogens (tertiary/aromatic N) is 2. The first kappa shape index (κ1) is 17.7. The molecule has 0 saturated carbocycles. The lowest BCUT2D eigenvalue weighted by atomic mass is 10.0. The zero-order valence-corrected chi connectivity index (χ0v) is 15.2. The van der Waals surface area contributed by atoms with Crippen molar-refractivity contribution in [3.05, 3.63) is 23.8 Å². The molecule has 1 aromatic rings. The van der Waals surface area contributed by atoms with Crippen LogP contribution in [0.5, 0.6) is 5.75 Å². The van der Waals surface area contributed by atoms with Crippen LogP contribution in [0, 0.1) is 12.8 Å². The van der Waals surface area contributed by atoms with E-state index >= 15 is 0 Å².